The molecule has 0 aromatic carbocycles. The van der Waals surface area contributed by atoms with Gasteiger partial charge in [0.15, 0.2) is 0 Å². The summed E-state index contributed by atoms with van der Waals surface area (Å²) in [4.78, 5) is 6.47. The second kappa shape index (κ2) is 5.15. The highest BCUT2D eigenvalue weighted by Gasteiger charge is 2.22. The minimum Gasteiger partial charge on any atom is -0.381 e. The van der Waals surface area contributed by atoms with Crippen molar-refractivity contribution in [2.24, 2.45) is 0 Å². The maximum Gasteiger partial charge on any atom is 0.146 e. The first kappa shape index (κ1) is 11.9. The highest BCUT2D eigenvalue weighted by molar-refractivity contribution is 5.57. The number of hydrogen-bond acceptors (Lipinski definition) is 4. The van der Waals surface area contributed by atoms with Crippen molar-refractivity contribution in [3.63, 3.8) is 0 Å². The van der Waals surface area contributed by atoms with Gasteiger partial charge in [-0.2, -0.15) is 5.26 Å². The van der Waals surface area contributed by atoms with Crippen molar-refractivity contribution in [3.8, 4) is 6.07 Å². The minimum atomic E-state index is 0.421. The summed E-state index contributed by atoms with van der Waals surface area (Å²) in [6.07, 6.45) is 3.76. The molecule has 0 spiro atoms. The molecule has 4 heteroatoms. The van der Waals surface area contributed by atoms with Gasteiger partial charge in [-0.3, -0.25) is 0 Å². The van der Waals surface area contributed by atoms with Crippen LogP contribution in [0.5, 0.6) is 0 Å². The second-order valence-corrected chi connectivity index (χ2v) is 4.39. The topological polar surface area (TPSA) is 49.2 Å². The molecule has 2 rings (SSSR count). The molecule has 1 aliphatic rings. The molecule has 90 valence electrons. The fraction of sp³-hybridized carbons (Fsp3) is 0.538. The molecule has 1 aromatic rings. The van der Waals surface area contributed by atoms with Gasteiger partial charge in [-0.25, -0.2) is 4.98 Å². The lowest BCUT2D eigenvalue weighted by Gasteiger charge is -2.32. The first-order valence-corrected chi connectivity index (χ1v) is 5.90. The molecule has 0 bridgehead atoms. The van der Waals surface area contributed by atoms with E-state index < -0.39 is 0 Å². The average Bonchev–Trinajstić information content (AvgIpc) is 2.38. The van der Waals surface area contributed by atoms with Gasteiger partial charge in [-0.1, -0.05) is 0 Å². The van der Waals surface area contributed by atoms with E-state index in [0.29, 0.717) is 11.6 Å². The number of pyridine rings is 1. The number of nitriles is 1. The molecule has 0 N–H and O–H groups in total. The lowest BCUT2D eigenvalue weighted by atomic mass is 10.1. The number of anilines is 1. The van der Waals surface area contributed by atoms with Gasteiger partial charge in [0.05, 0.1) is 5.56 Å². The summed E-state index contributed by atoms with van der Waals surface area (Å²) in [6.45, 7) is 3.53. The van der Waals surface area contributed by atoms with Crippen molar-refractivity contribution >= 4 is 5.82 Å². The zero-order valence-electron chi connectivity index (χ0n) is 10.3. The van der Waals surface area contributed by atoms with Crippen molar-refractivity contribution in [3.05, 3.63) is 23.4 Å². The van der Waals surface area contributed by atoms with E-state index in [4.69, 9.17) is 4.74 Å². The molecule has 1 aromatic heterocycles. The van der Waals surface area contributed by atoms with Gasteiger partial charge in [-0.15, -0.1) is 0 Å². The predicted octanol–water partition coefficient (Wildman–Crippen LogP) is 1.88. The predicted molar refractivity (Wildman–Crippen MR) is 65.9 cm³/mol. The fourth-order valence-electron chi connectivity index (χ4n) is 2.19. The third-order valence-corrected chi connectivity index (χ3v) is 3.32. The molecule has 0 unspecified atom stereocenters. The average molecular weight is 231 g/mol. The Bertz CT molecular complexity index is 433. The van der Waals surface area contributed by atoms with Crippen LogP contribution in [0.1, 0.15) is 24.0 Å². The van der Waals surface area contributed by atoms with E-state index in [9.17, 15) is 5.26 Å². The summed E-state index contributed by atoms with van der Waals surface area (Å²) in [5, 5.41) is 9.21. The molecular weight excluding hydrogens is 214 g/mol. The van der Waals surface area contributed by atoms with E-state index in [2.05, 4.69) is 16.0 Å². The molecule has 4 nitrogen and oxygen atoms in total. The first-order valence-electron chi connectivity index (χ1n) is 5.90. The van der Waals surface area contributed by atoms with Crippen LogP contribution in [0.3, 0.4) is 0 Å². The Labute approximate surface area is 102 Å². The normalized spacial score (nSPS) is 16.5. The SMILES string of the molecule is Cc1ccnc(N(C)C2CCOCC2)c1C#N. The zero-order chi connectivity index (χ0) is 12.3. The molecule has 1 fully saturated rings. The van der Waals surface area contributed by atoms with Gasteiger partial charge in [-0.05, 0) is 31.4 Å². The molecule has 0 saturated carbocycles. The van der Waals surface area contributed by atoms with E-state index in [1.54, 1.807) is 6.20 Å². The molecule has 17 heavy (non-hydrogen) atoms. The van der Waals surface area contributed by atoms with Crippen LogP contribution in [0.25, 0.3) is 0 Å². The van der Waals surface area contributed by atoms with Crippen LogP contribution in [-0.4, -0.2) is 31.3 Å². The smallest absolute Gasteiger partial charge is 0.146 e. The summed E-state index contributed by atoms with van der Waals surface area (Å²) in [7, 11) is 2.01. The Morgan fingerprint density at radius 1 is 1.47 bits per heavy atom. The van der Waals surface area contributed by atoms with Crippen LogP contribution in [0, 0.1) is 18.3 Å². The summed E-state index contributed by atoms with van der Waals surface area (Å²) >= 11 is 0. The Kier molecular flexibility index (Phi) is 3.60. The Balaban J connectivity index is 2.27. The van der Waals surface area contributed by atoms with Crippen LogP contribution in [0.4, 0.5) is 5.82 Å². The highest BCUT2D eigenvalue weighted by Crippen LogP contribution is 2.24. The van der Waals surface area contributed by atoms with Gasteiger partial charge in [0, 0.05) is 32.5 Å². The summed E-state index contributed by atoms with van der Waals surface area (Å²) in [6, 6.07) is 4.54. The molecule has 1 aliphatic heterocycles. The van der Waals surface area contributed by atoms with Gasteiger partial charge < -0.3 is 9.64 Å². The maximum atomic E-state index is 9.21. The largest absolute Gasteiger partial charge is 0.381 e. The number of hydrogen-bond donors (Lipinski definition) is 0. The summed E-state index contributed by atoms with van der Waals surface area (Å²) in [5.41, 5.74) is 1.66. The number of aryl methyl sites for hydroxylation is 1. The van der Waals surface area contributed by atoms with Gasteiger partial charge in [0.2, 0.25) is 0 Å². The Morgan fingerprint density at radius 2 is 2.18 bits per heavy atom. The monoisotopic (exact) mass is 231 g/mol. The number of ether oxygens (including phenoxy) is 1. The van der Waals surface area contributed by atoms with E-state index in [0.717, 1.165) is 37.4 Å². The number of rotatable bonds is 2. The van der Waals surface area contributed by atoms with Crippen LogP contribution >= 0.6 is 0 Å². The van der Waals surface area contributed by atoms with E-state index in [-0.39, 0.29) is 0 Å². The van der Waals surface area contributed by atoms with E-state index in [1.807, 2.05) is 20.0 Å². The van der Waals surface area contributed by atoms with Gasteiger partial charge in [0.1, 0.15) is 11.9 Å². The molecule has 2 heterocycles. The molecule has 1 saturated heterocycles. The quantitative estimate of drug-likeness (QED) is 0.779. The first-order chi connectivity index (χ1) is 8.24. The highest BCUT2D eigenvalue weighted by atomic mass is 16.5. The van der Waals surface area contributed by atoms with E-state index >= 15 is 0 Å². The minimum absolute atomic E-state index is 0.421. The van der Waals surface area contributed by atoms with Crippen molar-refractivity contribution in [2.75, 3.05) is 25.2 Å². The van der Waals surface area contributed by atoms with Crippen LogP contribution in [0.15, 0.2) is 12.3 Å². The van der Waals surface area contributed by atoms with Crippen molar-refractivity contribution in [2.45, 2.75) is 25.8 Å². The molecular formula is C13H17N3O. The third kappa shape index (κ3) is 2.40. The van der Waals surface area contributed by atoms with E-state index in [1.165, 1.54) is 0 Å². The van der Waals surface area contributed by atoms with Crippen LogP contribution in [-0.2, 0) is 4.74 Å². The van der Waals surface area contributed by atoms with Crippen LogP contribution < -0.4 is 4.90 Å². The Hall–Kier alpha value is -1.60. The molecule has 0 atom stereocenters. The fourth-order valence-corrected chi connectivity index (χ4v) is 2.19. The van der Waals surface area contributed by atoms with Crippen LogP contribution in [0.2, 0.25) is 0 Å². The maximum absolute atomic E-state index is 9.21. The number of aromatic nitrogens is 1. The van der Waals surface area contributed by atoms with Crippen molar-refractivity contribution in [1.29, 1.82) is 5.26 Å². The third-order valence-electron chi connectivity index (χ3n) is 3.32. The summed E-state index contributed by atoms with van der Waals surface area (Å²) < 4.78 is 5.35. The number of nitrogens with zero attached hydrogens (tertiary/aromatic N) is 3. The standard InChI is InChI=1S/C13H17N3O/c1-10-3-6-15-13(12(10)9-14)16(2)11-4-7-17-8-5-11/h3,6,11H,4-5,7-8H2,1-2H3. The van der Waals surface area contributed by atoms with Gasteiger partial charge in [0.25, 0.3) is 0 Å². The molecule has 0 aliphatic carbocycles. The Morgan fingerprint density at radius 3 is 2.82 bits per heavy atom. The summed E-state index contributed by atoms with van der Waals surface area (Å²) in [5.74, 6) is 0.791. The van der Waals surface area contributed by atoms with Crippen molar-refractivity contribution in [1.82, 2.24) is 4.98 Å². The van der Waals surface area contributed by atoms with Gasteiger partial charge >= 0.3 is 0 Å². The molecule has 0 radical (unpaired) electrons. The molecule has 0 amide bonds. The zero-order valence-corrected chi connectivity index (χ0v) is 10.3. The van der Waals surface area contributed by atoms with Crippen molar-refractivity contribution < 1.29 is 4.74 Å². The second-order valence-electron chi connectivity index (χ2n) is 4.39. The lowest BCUT2D eigenvalue weighted by Crippen LogP contribution is -2.37. The lowest BCUT2D eigenvalue weighted by molar-refractivity contribution is 0.0853.